The van der Waals surface area contributed by atoms with Gasteiger partial charge in [0.15, 0.2) is 0 Å². The summed E-state index contributed by atoms with van der Waals surface area (Å²) in [4.78, 5) is 13.7. The van der Waals surface area contributed by atoms with E-state index < -0.39 is 6.10 Å². The van der Waals surface area contributed by atoms with Crippen molar-refractivity contribution in [2.45, 2.75) is 57.7 Å². The molecule has 1 fully saturated rings. The van der Waals surface area contributed by atoms with Crippen molar-refractivity contribution in [3.05, 3.63) is 46.4 Å². The first kappa shape index (κ1) is 16.0. The molecule has 0 aromatic carbocycles. The maximum atomic E-state index is 11.1. The molecular formula is C17H26N2O2. The average Bonchev–Trinajstić information content (AvgIpc) is 2.49. The number of rotatable bonds is 5. The maximum Gasteiger partial charge on any atom is 0.247 e. The fourth-order valence-corrected chi connectivity index (χ4v) is 2.96. The third kappa shape index (κ3) is 4.29. The Morgan fingerprint density at radius 1 is 1.38 bits per heavy atom. The molecule has 1 aromatic rings. The van der Waals surface area contributed by atoms with E-state index in [2.05, 4.69) is 36.3 Å². The highest BCUT2D eigenvalue weighted by atomic mass is 16.3. The Balaban J connectivity index is 2.01. The minimum atomic E-state index is -0.577. The van der Waals surface area contributed by atoms with Gasteiger partial charge in [0.05, 0.1) is 6.10 Å². The van der Waals surface area contributed by atoms with Gasteiger partial charge < -0.3 is 15.4 Å². The van der Waals surface area contributed by atoms with E-state index in [1.165, 1.54) is 6.07 Å². The van der Waals surface area contributed by atoms with E-state index in [1.54, 1.807) is 12.3 Å². The van der Waals surface area contributed by atoms with Crippen LogP contribution in [0.1, 0.15) is 51.2 Å². The van der Waals surface area contributed by atoms with Crippen LogP contribution in [0.25, 0.3) is 0 Å². The number of aliphatic hydroxyl groups excluding tert-OH is 1. The van der Waals surface area contributed by atoms with E-state index in [-0.39, 0.29) is 11.6 Å². The second kappa shape index (κ2) is 7.57. The molecule has 0 bridgehead atoms. The van der Waals surface area contributed by atoms with Crippen LogP contribution in [0.2, 0.25) is 0 Å². The van der Waals surface area contributed by atoms with Gasteiger partial charge in [-0.05, 0) is 43.2 Å². The number of hydrogen-bond acceptors (Lipinski definition) is 3. The molecular weight excluding hydrogens is 264 g/mol. The Hall–Kier alpha value is -1.39. The van der Waals surface area contributed by atoms with Gasteiger partial charge in [-0.2, -0.15) is 0 Å². The predicted molar refractivity (Wildman–Crippen MR) is 85.2 cm³/mol. The van der Waals surface area contributed by atoms with Crippen molar-refractivity contribution < 1.29 is 5.11 Å². The Morgan fingerprint density at radius 2 is 2.19 bits per heavy atom. The van der Waals surface area contributed by atoms with E-state index >= 15 is 0 Å². The zero-order valence-corrected chi connectivity index (χ0v) is 12.9. The smallest absolute Gasteiger partial charge is 0.247 e. The van der Waals surface area contributed by atoms with Crippen molar-refractivity contribution in [1.29, 1.82) is 0 Å². The van der Waals surface area contributed by atoms with Crippen molar-refractivity contribution in [2.75, 3.05) is 0 Å². The lowest BCUT2D eigenvalue weighted by molar-refractivity contribution is 0.0873. The molecule has 0 radical (unpaired) electrons. The average molecular weight is 290 g/mol. The van der Waals surface area contributed by atoms with Gasteiger partial charge in [0.25, 0.3) is 0 Å². The van der Waals surface area contributed by atoms with Crippen LogP contribution in [-0.4, -0.2) is 22.2 Å². The Bertz CT molecular complexity index is 503. The molecule has 2 heterocycles. The Morgan fingerprint density at radius 3 is 2.86 bits per heavy atom. The monoisotopic (exact) mass is 290 g/mol. The van der Waals surface area contributed by atoms with Gasteiger partial charge in [0.2, 0.25) is 5.56 Å². The number of hydrogen-bond donors (Lipinski definition) is 3. The molecule has 1 aliphatic heterocycles. The molecule has 2 rings (SSSR count). The summed E-state index contributed by atoms with van der Waals surface area (Å²) in [5.41, 5.74) is 0.628. The van der Waals surface area contributed by atoms with Crippen LogP contribution in [0, 0.1) is 5.92 Å². The van der Waals surface area contributed by atoms with Gasteiger partial charge in [-0.3, -0.25) is 4.79 Å². The summed E-state index contributed by atoms with van der Waals surface area (Å²) in [6.07, 6.45) is 9.58. The summed E-state index contributed by atoms with van der Waals surface area (Å²) in [7, 11) is 0. The van der Waals surface area contributed by atoms with E-state index in [0.29, 0.717) is 12.0 Å². The lowest BCUT2D eigenvalue weighted by Gasteiger charge is -2.37. The normalized spacial score (nSPS) is 27.9. The van der Waals surface area contributed by atoms with Crippen LogP contribution in [0.5, 0.6) is 0 Å². The molecule has 0 spiro atoms. The minimum absolute atomic E-state index is 0.0483. The van der Waals surface area contributed by atoms with Gasteiger partial charge >= 0.3 is 0 Å². The van der Waals surface area contributed by atoms with Crippen LogP contribution in [0.4, 0.5) is 0 Å². The van der Waals surface area contributed by atoms with Crippen LogP contribution < -0.4 is 10.9 Å². The largest absolute Gasteiger partial charge is 0.387 e. The number of aromatic amines is 1. The van der Waals surface area contributed by atoms with Crippen LogP contribution in [0.15, 0.2) is 35.3 Å². The van der Waals surface area contributed by atoms with E-state index in [1.807, 2.05) is 0 Å². The number of nitrogens with one attached hydrogen (secondary N) is 2. The highest BCUT2D eigenvalue weighted by Gasteiger charge is 2.30. The number of allylic oxidation sites excluding steroid dienone is 1. The fourth-order valence-electron chi connectivity index (χ4n) is 2.96. The third-order valence-electron chi connectivity index (χ3n) is 4.37. The minimum Gasteiger partial charge on any atom is -0.387 e. The van der Waals surface area contributed by atoms with Crippen LogP contribution in [-0.2, 0) is 0 Å². The molecule has 0 amide bonds. The summed E-state index contributed by atoms with van der Waals surface area (Å²) >= 11 is 0. The van der Waals surface area contributed by atoms with Crippen molar-refractivity contribution in [1.82, 2.24) is 10.3 Å². The number of aliphatic hydroxyl groups is 1. The Kier molecular flexibility index (Phi) is 5.76. The SMILES string of the molecule is CC/C=C\CC1N[C@@H]([C@H](O)c2ccc(=O)[nH]c2)CC[C@@H]1C. The second-order valence-electron chi connectivity index (χ2n) is 5.98. The quantitative estimate of drug-likeness (QED) is 0.730. The summed E-state index contributed by atoms with van der Waals surface area (Å²) in [6.45, 7) is 4.40. The maximum absolute atomic E-state index is 11.1. The molecule has 4 nitrogen and oxygen atoms in total. The molecule has 4 heteroatoms. The fraction of sp³-hybridized carbons (Fsp3) is 0.588. The number of pyridine rings is 1. The zero-order chi connectivity index (χ0) is 15.2. The van der Waals surface area contributed by atoms with Gasteiger partial charge in [0.1, 0.15) is 0 Å². The molecule has 1 unspecified atom stereocenters. The summed E-state index contributed by atoms with van der Waals surface area (Å²) in [5.74, 6) is 0.616. The molecule has 0 aliphatic carbocycles. The first-order valence-corrected chi connectivity index (χ1v) is 7.89. The van der Waals surface area contributed by atoms with Crippen molar-refractivity contribution in [3.63, 3.8) is 0 Å². The molecule has 1 aromatic heterocycles. The standard InChI is InChI=1S/C17H26N2O2/c1-3-4-5-6-14-12(2)7-9-15(19-14)17(21)13-8-10-16(20)18-11-13/h4-5,8,10-12,14-15,17,19,21H,3,6-7,9H2,1-2H3,(H,18,20)/b5-4-/t12-,14?,15+,17+/m0/s1. The molecule has 4 atom stereocenters. The highest BCUT2D eigenvalue weighted by molar-refractivity contribution is 5.14. The number of aromatic nitrogens is 1. The zero-order valence-electron chi connectivity index (χ0n) is 12.9. The number of piperidine rings is 1. The van der Waals surface area contributed by atoms with E-state index in [0.717, 1.165) is 31.2 Å². The van der Waals surface area contributed by atoms with Crippen molar-refractivity contribution in [2.24, 2.45) is 5.92 Å². The first-order chi connectivity index (χ1) is 10.1. The lowest BCUT2D eigenvalue weighted by Crippen LogP contribution is -2.49. The van der Waals surface area contributed by atoms with Gasteiger partial charge in [-0.25, -0.2) is 0 Å². The first-order valence-electron chi connectivity index (χ1n) is 7.89. The Labute approximate surface area is 126 Å². The predicted octanol–water partition coefficient (Wildman–Crippen LogP) is 2.52. The lowest BCUT2D eigenvalue weighted by atomic mass is 9.84. The highest BCUT2D eigenvalue weighted by Crippen LogP contribution is 2.28. The number of H-pyrrole nitrogens is 1. The van der Waals surface area contributed by atoms with Crippen molar-refractivity contribution in [3.8, 4) is 0 Å². The third-order valence-corrected chi connectivity index (χ3v) is 4.37. The van der Waals surface area contributed by atoms with Gasteiger partial charge in [-0.15, -0.1) is 0 Å². The topological polar surface area (TPSA) is 65.1 Å². The van der Waals surface area contributed by atoms with Gasteiger partial charge in [-0.1, -0.05) is 26.0 Å². The molecule has 3 N–H and O–H groups in total. The summed E-state index contributed by atoms with van der Waals surface area (Å²) < 4.78 is 0. The molecule has 0 saturated carbocycles. The summed E-state index contributed by atoms with van der Waals surface area (Å²) in [6, 6.07) is 3.62. The van der Waals surface area contributed by atoms with E-state index in [4.69, 9.17) is 0 Å². The van der Waals surface area contributed by atoms with Gasteiger partial charge in [0, 0.05) is 24.3 Å². The summed E-state index contributed by atoms with van der Waals surface area (Å²) in [5, 5.41) is 14.1. The second-order valence-corrected chi connectivity index (χ2v) is 5.98. The van der Waals surface area contributed by atoms with Crippen LogP contribution >= 0.6 is 0 Å². The molecule has 116 valence electrons. The molecule has 21 heavy (non-hydrogen) atoms. The van der Waals surface area contributed by atoms with Crippen LogP contribution in [0.3, 0.4) is 0 Å². The molecule has 1 saturated heterocycles. The molecule has 1 aliphatic rings. The van der Waals surface area contributed by atoms with Crippen molar-refractivity contribution >= 4 is 0 Å². The van der Waals surface area contributed by atoms with E-state index in [9.17, 15) is 9.90 Å².